The van der Waals surface area contributed by atoms with Crippen LogP contribution in [0, 0.1) is 0 Å². The fraction of sp³-hybridized carbons (Fsp3) is 0.353. The second kappa shape index (κ2) is 7.54. The van der Waals surface area contributed by atoms with E-state index in [1.54, 1.807) is 6.07 Å². The Morgan fingerprint density at radius 1 is 1.00 bits per heavy atom. The van der Waals surface area contributed by atoms with E-state index in [0.29, 0.717) is 5.69 Å². The summed E-state index contributed by atoms with van der Waals surface area (Å²) in [5.41, 5.74) is 2.31. The third-order valence-electron chi connectivity index (χ3n) is 3.59. The number of amides is 1. The van der Waals surface area contributed by atoms with Crippen molar-refractivity contribution in [2.75, 3.05) is 23.3 Å². The summed E-state index contributed by atoms with van der Waals surface area (Å²) >= 11 is 0. The first-order valence-electron chi connectivity index (χ1n) is 7.66. The molecule has 0 aliphatic heterocycles. The number of aryl methyl sites for hydroxylation is 1. The molecule has 5 nitrogen and oxygen atoms in total. The lowest BCUT2D eigenvalue weighted by atomic mass is 10.1. The number of aromatic nitrogens is 2. The maximum Gasteiger partial charge on any atom is 0.276 e. The molecule has 0 aliphatic rings. The summed E-state index contributed by atoms with van der Waals surface area (Å²) in [5, 5.41) is 11.0. The van der Waals surface area contributed by atoms with Gasteiger partial charge in [0.15, 0.2) is 11.5 Å². The molecule has 2 aromatic rings. The van der Waals surface area contributed by atoms with Gasteiger partial charge in [0, 0.05) is 18.8 Å². The Morgan fingerprint density at radius 2 is 1.68 bits per heavy atom. The number of hydrogen-bond donors (Lipinski definition) is 1. The number of nitrogens with zero attached hydrogens (tertiary/aromatic N) is 3. The standard InChI is InChI=1S/C17H22N4O/c1-4-13-7-9-14(10-8-13)18-17(22)15-11-12-16(20-19-15)21(5-2)6-3/h7-12H,4-6H2,1-3H3,(H,18,22). The topological polar surface area (TPSA) is 58.1 Å². The molecule has 0 fully saturated rings. The molecule has 0 radical (unpaired) electrons. The Bertz CT molecular complexity index is 604. The summed E-state index contributed by atoms with van der Waals surface area (Å²) in [5.74, 6) is 0.539. The van der Waals surface area contributed by atoms with E-state index in [-0.39, 0.29) is 5.91 Å². The zero-order valence-corrected chi connectivity index (χ0v) is 13.3. The molecule has 1 aromatic heterocycles. The minimum atomic E-state index is -0.247. The van der Waals surface area contributed by atoms with Crippen molar-refractivity contribution in [1.29, 1.82) is 0 Å². The average molecular weight is 298 g/mol. The molecule has 1 heterocycles. The van der Waals surface area contributed by atoms with E-state index in [1.165, 1.54) is 5.56 Å². The second-order valence-electron chi connectivity index (χ2n) is 4.95. The van der Waals surface area contributed by atoms with E-state index in [1.807, 2.05) is 30.3 Å². The highest BCUT2D eigenvalue weighted by molar-refractivity contribution is 6.02. The Hall–Kier alpha value is -2.43. The van der Waals surface area contributed by atoms with Crippen molar-refractivity contribution in [3.8, 4) is 0 Å². The van der Waals surface area contributed by atoms with Gasteiger partial charge in [-0.05, 0) is 50.1 Å². The second-order valence-corrected chi connectivity index (χ2v) is 4.95. The first-order valence-corrected chi connectivity index (χ1v) is 7.66. The molecule has 1 aromatic carbocycles. The monoisotopic (exact) mass is 298 g/mol. The minimum Gasteiger partial charge on any atom is -0.356 e. The number of carbonyl (C=O) groups is 1. The Morgan fingerprint density at radius 3 is 2.18 bits per heavy atom. The SMILES string of the molecule is CCc1ccc(NC(=O)c2ccc(N(CC)CC)nn2)cc1. The molecular weight excluding hydrogens is 276 g/mol. The molecule has 0 unspecified atom stereocenters. The fourth-order valence-corrected chi connectivity index (χ4v) is 2.18. The van der Waals surface area contributed by atoms with Gasteiger partial charge in [-0.1, -0.05) is 19.1 Å². The van der Waals surface area contributed by atoms with Crippen LogP contribution in [0.4, 0.5) is 11.5 Å². The summed E-state index contributed by atoms with van der Waals surface area (Å²) < 4.78 is 0. The van der Waals surface area contributed by atoms with Crippen molar-refractivity contribution in [3.63, 3.8) is 0 Å². The number of rotatable bonds is 6. The van der Waals surface area contributed by atoms with Gasteiger partial charge in [0.25, 0.3) is 5.91 Å². The lowest BCUT2D eigenvalue weighted by molar-refractivity contribution is 0.102. The van der Waals surface area contributed by atoms with E-state index in [4.69, 9.17) is 0 Å². The lowest BCUT2D eigenvalue weighted by Crippen LogP contribution is -2.24. The summed E-state index contributed by atoms with van der Waals surface area (Å²) in [6.45, 7) is 7.94. The van der Waals surface area contributed by atoms with E-state index < -0.39 is 0 Å². The van der Waals surface area contributed by atoms with Gasteiger partial charge in [-0.2, -0.15) is 0 Å². The Kier molecular flexibility index (Phi) is 5.47. The first kappa shape index (κ1) is 15.9. The Labute approximate surface area is 131 Å². The quantitative estimate of drug-likeness (QED) is 0.890. The molecule has 0 saturated heterocycles. The highest BCUT2D eigenvalue weighted by atomic mass is 16.1. The molecule has 22 heavy (non-hydrogen) atoms. The van der Waals surface area contributed by atoms with Crippen LogP contribution in [0.5, 0.6) is 0 Å². The van der Waals surface area contributed by atoms with E-state index in [9.17, 15) is 4.79 Å². The zero-order valence-electron chi connectivity index (χ0n) is 13.3. The van der Waals surface area contributed by atoms with Crippen LogP contribution < -0.4 is 10.2 Å². The predicted molar refractivity (Wildman–Crippen MR) is 89.4 cm³/mol. The first-order chi connectivity index (χ1) is 10.7. The highest BCUT2D eigenvalue weighted by Crippen LogP contribution is 2.12. The maximum atomic E-state index is 12.2. The summed E-state index contributed by atoms with van der Waals surface area (Å²) in [7, 11) is 0. The van der Waals surface area contributed by atoms with Gasteiger partial charge in [0.05, 0.1) is 0 Å². The fourth-order valence-electron chi connectivity index (χ4n) is 2.18. The van der Waals surface area contributed by atoms with Crippen LogP contribution in [0.3, 0.4) is 0 Å². The van der Waals surface area contributed by atoms with Gasteiger partial charge in [-0.15, -0.1) is 10.2 Å². The van der Waals surface area contributed by atoms with Crippen molar-refractivity contribution < 1.29 is 4.79 Å². The lowest BCUT2D eigenvalue weighted by Gasteiger charge is -2.18. The van der Waals surface area contributed by atoms with Crippen LogP contribution in [0.15, 0.2) is 36.4 Å². The normalized spacial score (nSPS) is 10.3. The summed E-state index contributed by atoms with van der Waals surface area (Å²) in [6, 6.07) is 11.3. The Balaban J connectivity index is 2.05. The van der Waals surface area contributed by atoms with E-state index in [0.717, 1.165) is 31.0 Å². The summed E-state index contributed by atoms with van der Waals surface area (Å²) in [6.07, 6.45) is 0.979. The van der Waals surface area contributed by atoms with Crippen molar-refractivity contribution in [1.82, 2.24) is 10.2 Å². The van der Waals surface area contributed by atoms with Crippen molar-refractivity contribution in [3.05, 3.63) is 47.7 Å². The molecule has 5 heteroatoms. The highest BCUT2D eigenvalue weighted by Gasteiger charge is 2.10. The van der Waals surface area contributed by atoms with Crippen LogP contribution >= 0.6 is 0 Å². The third-order valence-corrected chi connectivity index (χ3v) is 3.59. The molecule has 0 aliphatic carbocycles. The van der Waals surface area contributed by atoms with Crippen LogP contribution in [-0.2, 0) is 6.42 Å². The molecular formula is C17H22N4O. The molecule has 116 valence electrons. The van der Waals surface area contributed by atoms with Gasteiger partial charge in [0.1, 0.15) is 0 Å². The van der Waals surface area contributed by atoms with Crippen LogP contribution in [-0.4, -0.2) is 29.2 Å². The maximum absolute atomic E-state index is 12.2. The zero-order chi connectivity index (χ0) is 15.9. The number of hydrogen-bond acceptors (Lipinski definition) is 4. The molecule has 0 spiro atoms. The number of carbonyl (C=O) groups excluding carboxylic acids is 1. The molecule has 0 saturated carbocycles. The largest absolute Gasteiger partial charge is 0.356 e. The predicted octanol–water partition coefficient (Wildman–Crippen LogP) is 3.14. The molecule has 1 amide bonds. The van der Waals surface area contributed by atoms with E-state index >= 15 is 0 Å². The van der Waals surface area contributed by atoms with Crippen LogP contribution in [0.25, 0.3) is 0 Å². The number of anilines is 2. The smallest absolute Gasteiger partial charge is 0.276 e. The van der Waals surface area contributed by atoms with Gasteiger partial charge in [-0.3, -0.25) is 4.79 Å². The number of nitrogens with one attached hydrogen (secondary N) is 1. The minimum absolute atomic E-state index is 0.247. The molecule has 0 atom stereocenters. The van der Waals surface area contributed by atoms with Crippen molar-refractivity contribution in [2.45, 2.75) is 27.2 Å². The van der Waals surface area contributed by atoms with Gasteiger partial charge in [0.2, 0.25) is 0 Å². The van der Waals surface area contributed by atoms with Crippen molar-refractivity contribution >= 4 is 17.4 Å². The van der Waals surface area contributed by atoms with Crippen LogP contribution in [0.2, 0.25) is 0 Å². The van der Waals surface area contributed by atoms with Crippen molar-refractivity contribution in [2.24, 2.45) is 0 Å². The molecule has 1 N–H and O–H groups in total. The molecule has 2 rings (SSSR count). The third kappa shape index (κ3) is 3.81. The average Bonchev–Trinajstić information content (AvgIpc) is 2.57. The van der Waals surface area contributed by atoms with Gasteiger partial charge < -0.3 is 10.2 Å². The van der Waals surface area contributed by atoms with Gasteiger partial charge >= 0.3 is 0 Å². The number of benzene rings is 1. The van der Waals surface area contributed by atoms with Crippen LogP contribution in [0.1, 0.15) is 36.8 Å². The van der Waals surface area contributed by atoms with Gasteiger partial charge in [-0.25, -0.2) is 0 Å². The van der Waals surface area contributed by atoms with E-state index in [2.05, 4.69) is 41.2 Å². The molecule has 0 bridgehead atoms. The summed E-state index contributed by atoms with van der Waals surface area (Å²) in [4.78, 5) is 14.2.